The van der Waals surface area contributed by atoms with Crippen LogP contribution in [0.5, 0.6) is 11.5 Å². The van der Waals surface area contributed by atoms with E-state index in [1.807, 2.05) is 24.3 Å². The minimum absolute atomic E-state index is 0.264. The van der Waals surface area contributed by atoms with Crippen molar-refractivity contribution < 1.29 is 19.5 Å². The van der Waals surface area contributed by atoms with E-state index in [0.29, 0.717) is 18.9 Å². The highest BCUT2D eigenvalue weighted by Crippen LogP contribution is 2.23. The first-order chi connectivity index (χ1) is 11.7. The zero-order chi connectivity index (χ0) is 16.9. The molecule has 24 heavy (non-hydrogen) atoms. The molecule has 1 amide bonds. The summed E-state index contributed by atoms with van der Waals surface area (Å²) >= 11 is 0. The number of hydrogen-bond donors (Lipinski definition) is 2. The second-order valence-electron chi connectivity index (χ2n) is 5.52. The van der Waals surface area contributed by atoms with Crippen LogP contribution in [0.15, 0.2) is 36.5 Å². The first-order valence-corrected chi connectivity index (χ1v) is 7.61. The van der Waals surface area contributed by atoms with Crippen LogP contribution in [0.3, 0.4) is 0 Å². The molecule has 1 aromatic carbocycles. The first-order valence-electron chi connectivity index (χ1n) is 7.61. The molecule has 0 radical (unpaired) electrons. The Morgan fingerprint density at radius 3 is 2.92 bits per heavy atom. The van der Waals surface area contributed by atoms with Gasteiger partial charge in [0.2, 0.25) is 0 Å². The Labute approximate surface area is 139 Å². The Bertz CT molecular complexity index is 718. The smallest absolute Gasteiger partial charge is 0.276 e. The molecule has 0 aliphatic carbocycles. The summed E-state index contributed by atoms with van der Waals surface area (Å²) in [4.78, 5) is 18.0. The molecular formula is C17H19N3O4. The van der Waals surface area contributed by atoms with Gasteiger partial charge in [-0.15, -0.1) is 0 Å². The average molecular weight is 329 g/mol. The molecule has 0 bridgehead atoms. The van der Waals surface area contributed by atoms with Crippen molar-refractivity contribution in [3.05, 3.63) is 53.3 Å². The molecule has 0 unspecified atom stereocenters. The van der Waals surface area contributed by atoms with Crippen LogP contribution in [0.4, 0.5) is 0 Å². The molecule has 1 aliphatic heterocycles. The number of hydroxylamine groups is 1. The van der Waals surface area contributed by atoms with E-state index < -0.39 is 5.91 Å². The summed E-state index contributed by atoms with van der Waals surface area (Å²) in [6, 6.07) is 9.55. The minimum atomic E-state index is -0.603. The Kier molecular flexibility index (Phi) is 4.93. The molecule has 7 heteroatoms. The molecule has 1 aliphatic rings. The normalized spacial score (nSPS) is 14.2. The number of aromatic nitrogens is 1. The van der Waals surface area contributed by atoms with Crippen molar-refractivity contribution in [2.75, 3.05) is 20.3 Å². The van der Waals surface area contributed by atoms with Gasteiger partial charge in [0.25, 0.3) is 5.91 Å². The zero-order valence-corrected chi connectivity index (χ0v) is 13.4. The maximum atomic E-state index is 11.5. The van der Waals surface area contributed by atoms with E-state index in [-0.39, 0.29) is 5.56 Å². The van der Waals surface area contributed by atoms with Crippen LogP contribution in [0.25, 0.3) is 0 Å². The van der Waals surface area contributed by atoms with Crippen molar-refractivity contribution in [1.82, 2.24) is 15.4 Å². The summed E-state index contributed by atoms with van der Waals surface area (Å²) in [5.74, 6) is 0.807. The number of benzene rings is 1. The van der Waals surface area contributed by atoms with Crippen LogP contribution >= 0.6 is 0 Å². The van der Waals surface area contributed by atoms with Crippen molar-refractivity contribution in [3.63, 3.8) is 0 Å². The molecule has 126 valence electrons. The predicted octanol–water partition coefficient (Wildman–Crippen LogP) is 1.60. The highest BCUT2D eigenvalue weighted by molar-refractivity contribution is 5.93. The van der Waals surface area contributed by atoms with Crippen molar-refractivity contribution in [1.29, 1.82) is 0 Å². The molecule has 0 spiro atoms. The van der Waals surface area contributed by atoms with Crippen molar-refractivity contribution in [2.24, 2.45) is 0 Å². The van der Waals surface area contributed by atoms with Gasteiger partial charge >= 0.3 is 0 Å². The van der Waals surface area contributed by atoms with E-state index in [2.05, 4.69) is 9.88 Å². The second kappa shape index (κ2) is 7.29. The monoisotopic (exact) mass is 329 g/mol. The zero-order valence-electron chi connectivity index (χ0n) is 13.4. The van der Waals surface area contributed by atoms with Crippen LogP contribution in [0.2, 0.25) is 0 Å². The number of ether oxygens (including phenoxy) is 2. The van der Waals surface area contributed by atoms with Gasteiger partial charge in [0.05, 0.1) is 18.4 Å². The van der Waals surface area contributed by atoms with Gasteiger partial charge in [-0.25, -0.2) is 5.48 Å². The number of hydrogen-bond acceptors (Lipinski definition) is 6. The number of carbonyl (C=O) groups excluding carboxylic acids is 1. The first kappa shape index (κ1) is 16.2. The van der Waals surface area contributed by atoms with Gasteiger partial charge in [-0.1, -0.05) is 12.1 Å². The summed E-state index contributed by atoms with van der Waals surface area (Å²) in [7, 11) is 1.65. The highest BCUT2D eigenvalue weighted by atomic mass is 16.5. The molecule has 0 saturated carbocycles. The number of nitrogens with one attached hydrogen (secondary N) is 1. The predicted molar refractivity (Wildman–Crippen MR) is 86.1 cm³/mol. The number of pyridine rings is 1. The van der Waals surface area contributed by atoms with E-state index in [4.69, 9.17) is 14.7 Å². The van der Waals surface area contributed by atoms with Gasteiger partial charge < -0.3 is 9.47 Å². The van der Waals surface area contributed by atoms with E-state index in [1.54, 1.807) is 18.7 Å². The standard InChI is InChI=1S/C17H19N3O4/c1-23-14-4-2-12(3-5-14)10-20-6-7-24-16-8-13(17(21)19-22)9-18-15(16)11-20/h2-5,8-9,22H,6-7,10-11H2,1H3,(H,19,21). The fourth-order valence-corrected chi connectivity index (χ4v) is 2.60. The lowest BCUT2D eigenvalue weighted by atomic mass is 10.2. The summed E-state index contributed by atoms with van der Waals surface area (Å²) in [5.41, 5.74) is 3.81. The van der Waals surface area contributed by atoms with Gasteiger partial charge in [-0.3, -0.25) is 19.9 Å². The lowest BCUT2D eigenvalue weighted by molar-refractivity contribution is 0.0705. The van der Waals surface area contributed by atoms with E-state index in [0.717, 1.165) is 24.5 Å². The fourth-order valence-electron chi connectivity index (χ4n) is 2.60. The van der Waals surface area contributed by atoms with E-state index >= 15 is 0 Å². The quantitative estimate of drug-likeness (QED) is 0.655. The number of fused-ring (bicyclic) bond motifs is 1. The molecule has 1 aromatic heterocycles. The lowest BCUT2D eigenvalue weighted by Crippen LogP contribution is -2.25. The number of rotatable bonds is 4. The third-order valence-corrected chi connectivity index (χ3v) is 3.90. The number of carbonyl (C=O) groups is 1. The molecule has 0 atom stereocenters. The number of methoxy groups -OCH3 is 1. The molecule has 2 heterocycles. The van der Waals surface area contributed by atoms with Gasteiger partial charge in [-0.05, 0) is 23.8 Å². The highest BCUT2D eigenvalue weighted by Gasteiger charge is 2.18. The summed E-state index contributed by atoms with van der Waals surface area (Å²) in [5, 5.41) is 8.71. The Morgan fingerprint density at radius 1 is 1.42 bits per heavy atom. The van der Waals surface area contributed by atoms with Crippen LogP contribution in [0, 0.1) is 0 Å². The molecule has 7 nitrogen and oxygen atoms in total. The van der Waals surface area contributed by atoms with E-state index in [1.165, 1.54) is 11.8 Å². The van der Waals surface area contributed by atoms with Crippen molar-refractivity contribution in [2.45, 2.75) is 13.1 Å². The minimum Gasteiger partial charge on any atom is -0.497 e. The molecule has 2 N–H and O–H groups in total. The van der Waals surface area contributed by atoms with Crippen LogP contribution < -0.4 is 15.0 Å². The van der Waals surface area contributed by atoms with Crippen molar-refractivity contribution >= 4 is 5.91 Å². The summed E-state index contributed by atoms with van der Waals surface area (Å²) in [6.45, 7) is 2.66. The Hall–Kier alpha value is -2.64. The van der Waals surface area contributed by atoms with Crippen molar-refractivity contribution in [3.8, 4) is 11.5 Å². The SMILES string of the molecule is COc1ccc(CN2CCOc3cc(C(=O)NO)cnc3C2)cc1. The Balaban J connectivity index is 1.73. The molecular weight excluding hydrogens is 310 g/mol. The molecule has 3 rings (SSSR count). The summed E-state index contributed by atoms with van der Waals surface area (Å²) < 4.78 is 10.9. The molecule has 2 aromatic rings. The third-order valence-electron chi connectivity index (χ3n) is 3.90. The van der Waals surface area contributed by atoms with Crippen LogP contribution in [-0.4, -0.2) is 41.3 Å². The maximum absolute atomic E-state index is 11.5. The van der Waals surface area contributed by atoms with Crippen LogP contribution in [-0.2, 0) is 13.1 Å². The number of nitrogens with zero attached hydrogens (tertiary/aromatic N) is 2. The molecule has 0 saturated heterocycles. The van der Waals surface area contributed by atoms with Gasteiger partial charge in [0.1, 0.15) is 18.1 Å². The largest absolute Gasteiger partial charge is 0.497 e. The molecule has 0 fully saturated rings. The van der Waals surface area contributed by atoms with Crippen LogP contribution in [0.1, 0.15) is 21.6 Å². The summed E-state index contributed by atoms with van der Waals surface area (Å²) in [6.07, 6.45) is 1.44. The fraction of sp³-hybridized carbons (Fsp3) is 0.294. The van der Waals surface area contributed by atoms with Gasteiger partial charge in [-0.2, -0.15) is 0 Å². The van der Waals surface area contributed by atoms with Gasteiger partial charge in [0, 0.05) is 25.8 Å². The average Bonchev–Trinajstić information content (AvgIpc) is 2.82. The Morgan fingerprint density at radius 2 is 2.21 bits per heavy atom. The second-order valence-corrected chi connectivity index (χ2v) is 5.52. The maximum Gasteiger partial charge on any atom is 0.276 e. The lowest BCUT2D eigenvalue weighted by Gasteiger charge is -2.19. The third kappa shape index (κ3) is 3.64. The van der Waals surface area contributed by atoms with E-state index in [9.17, 15) is 4.79 Å². The van der Waals surface area contributed by atoms with Gasteiger partial charge in [0.15, 0.2) is 0 Å². The topological polar surface area (TPSA) is 83.9 Å². The number of amides is 1.